The fourth-order valence-corrected chi connectivity index (χ4v) is 3.36. The molecule has 0 aliphatic heterocycles. The third-order valence-corrected chi connectivity index (χ3v) is 4.89. The van der Waals surface area contributed by atoms with Gasteiger partial charge in [-0.05, 0) is 31.5 Å². The average molecular weight is 299 g/mol. The molecule has 1 saturated carbocycles. The van der Waals surface area contributed by atoms with Gasteiger partial charge in [0.2, 0.25) is 0 Å². The molecule has 0 saturated heterocycles. The number of rotatable bonds is 5. The Morgan fingerprint density at radius 2 is 1.73 bits per heavy atom. The van der Waals surface area contributed by atoms with Gasteiger partial charge in [0.05, 0.1) is 6.54 Å². The highest BCUT2D eigenvalue weighted by atomic mass is 16.3. The van der Waals surface area contributed by atoms with Gasteiger partial charge in [0.1, 0.15) is 0 Å². The van der Waals surface area contributed by atoms with E-state index in [1.807, 2.05) is 30.3 Å². The van der Waals surface area contributed by atoms with Crippen molar-refractivity contribution in [3.63, 3.8) is 0 Å². The van der Waals surface area contributed by atoms with Crippen LogP contribution in [0.4, 0.5) is 0 Å². The van der Waals surface area contributed by atoms with Crippen molar-refractivity contribution in [3.8, 4) is 11.8 Å². The van der Waals surface area contributed by atoms with Gasteiger partial charge in [0, 0.05) is 5.92 Å². The maximum Gasteiger partial charge on any atom is 0.153 e. The summed E-state index contributed by atoms with van der Waals surface area (Å²) < 4.78 is 0. The third-order valence-electron chi connectivity index (χ3n) is 4.89. The first-order valence-corrected chi connectivity index (χ1v) is 8.71. The zero-order chi connectivity index (χ0) is 15.8. The lowest BCUT2D eigenvalue weighted by Crippen LogP contribution is -2.35. The van der Waals surface area contributed by atoms with Crippen molar-refractivity contribution in [1.82, 2.24) is 4.90 Å². The summed E-state index contributed by atoms with van der Waals surface area (Å²) in [6, 6.07) is 10.0. The fourth-order valence-electron chi connectivity index (χ4n) is 3.36. The zero-order valence-electron chi connectivity index (χ0n) is 14.0. The average Bonchev–Trinajstić information content (AvgIpc) is 2.60. The van der Waals surface area contributed by atoms with E-state index in [1.165, 1.54) is 19.3 Å². The van der Waals surface area contributed by atoms with Crippen LogP contribution in [0.1, 0.15) is 51.5 Å². The Morgan fingerprint density at radius 3 is 2.32 bits per heavy atom. The van der Waals surface area contributed by atoms with Crippen LogP contribution in [0, 0.1) is 17.8 Å². The highest BCUT2D eigenvalue weighted by Gasteiger charge is 2.37. The molecule has 1 aliphatic rings. The fraction of sp³-hybridized carbons (Fsp3) is 0.600. The van der Waals surface area contributed by atoms with E-state index in [0.717, 1.165) is 38.0 Å². The molecule has 1 atom stereocenters. The first-order chi connectivity index (χ1) is 10.7. The molecule has 0 bridgehead atoms. The van der Waals surface area contributed by atoms with E-state index in [0.29, 0.717) is 0 Å². The Bertz CT molecular complexity index is 491. The van der Waals surface area contributed by atoms with Crippen LogP contribution < -0.4 is 0 Å². The van der Waals surface area contributed by atoms with Gasteiger partial charge >= 0.3 is 0 Å². The Kier molecular flexibility index (Phi) is 6.49. The molecule has 1 aromatic rings. The van der Waals surface area contributed by atoms with Crippen LogP contribution >= 0.6 is 0 Å². The number of hydrogen-bond donors (Lipinski definition) is 1. The van der Waals surface area contributed by atoms with Gasteiger partial charge in [-0.15, -0.1) is 0 Å². The molecule has 0 heterocycles. The van der Waals surface area contributed by atoms with Gasteiger partial charge < -0.3 is 5.11 Å². The summed E-state index contributed by atoms with van der Waals surface area (Å²) in [7, 11) is 0. The highest BCUT2D eigenvalue weighted by Crippen LogP contribution is 2.38. The summed E-state index contributed by atoms with van der Waals surface area (Å²) in [5.74, 6) is 6.75. The van der Waals surface area contributed by atoms with Crippen molar-refractivity contribution in [2.45, 2.75) is 51.6 Å². The molecule has 1 aromatic carbocycles. The summed E-state index contributed by atoms with van der Waals surface area (Å²) in [4.78, 5) is 2.28. The third kappa shape index (κ3) is 4.12. The molecular formula is C20H29NO. The second kappa shape index (κ2) is 8.36. The minimum Gasteiger partial charge on any atom is -0.373 e. The van der Waals surface area contributed by atoms with Gasteiger partial charge in [0.15, 0.2) is 5.60 Å². The van der Waals surface area contributed by atoms with E-state index in [9.17, 15) is 5.11 Å². The molecule has 0 aromatic heterocycles. The Balaban J connectivity index is 2.23. The van der Waals surface area contributed by atoms with E-state index in [1.54, 1.807) is 0 Å². The normalized spacial score (nSPS) is 18.5. The quantitative estimate of drug-likeness (QED) is 0.836. The molecule has 22 heavy (non-hydrogen) atoms. The maximum atomic E-state index is 11.4. The molecule has 0 amide bonds. The van der Waals surface area contributed by atoms with E-state index >= 15 is 0 Å². The van der Waals surface area contributed by atoms with Crippen molar-refractivity contribution in [2.75, 3.05) is 19.6 Å². The lowest BCUT2D eigenvalue weighted by Gasteiger charge is -2.35. The molecule has 0 spiro atoms. The van der Waals surface area contributed by atoms with Gasteiger partial charge in [0.25, 0.3) is 0 Å². The Hall–Kier alpha value is -1.30. The van der Waals surface area contributed by atoms with Crippen LogP contribution in [0.5, 0.6) is 0 Å². The topological polar surface area (TPSA) is 23.5 Å². The van der Waals surface area contributed by atoms with Crippen molar-refractivity contribution in [1.29, 1.82) is 0 Å². The molecule has 2 nitrogen and oxygen atoms in total. The molecule has 0 radical (unpaired) electrons. The van der Waals surface area contributed by atoms with Crippen LogP contribution in [0.25, 0.3) is 0 Å². The molecule has 1 aliphatic carbocycles. The lowest BCUT2D eigenvalue weighted by atomic mass is 9.73. The van der Waals surface area contributed by atoms with Crippen molar-refractivity contribution >= 4 is 0 Å². The second-order valence-electron chi connectivity index (χ2n) is 6.23. The first-order valence-electron chi connectivity index (χ1n) is 8.71. The van der Waals surface area contributed by atoms with Gasteiger partial charge in [-0.1, -0.05) is 75.3 Å². The summed E-state index contributed by atoms with van der Waals surface area (Å²) in [5.41, 5.74) is -0.0385. The highest BCUT2D eigenvalue weighted by molar-refractivity contribution is 5.33. The van der Waals surface area contributed by atoms with Crippen LogP contribution in [-0.4, -0.2) is 29.6 Å². The van der Waals surface area contributed by atoms with Crippen LogP contribution in [0.15, 0.2) is 30.3 Å². The predicted molar refractivity (Wildman–Crippen MR) is 92.5 cm³/mol. The van der Waals surface area contributed by atoms with E-state index in [4.69, 9.17) is 0 Å². The standard InChI is InChI=1S/C20H29NO/c1-3-21(4-2)17-11-16-20(22,18-12-7-5-8-13-18)19-14-9-6-10-15-19/h5,7-8,12-13,19,22H,3-4,6,9-10,14-15,17H2,1-2H3. The Morgan fingerprint density at radius 1 is 1.09 bits per heavy atom. The van der Waals surface area contributed by atoms with E-state index in [2.05, 4.69) is 30.6 Å². The molecule has 2 heteroatoms. The predicted octanol–water partition coefficient (Wildman–Crippen LogP) is 3.80. The molecule has 2 rings (SSSR count). The van der Waals surface area contributed by atoms with Crippen LogP contribution in [0.3, 0.4) is 0 Å². The second-order valence-corrected chi connectivity index (χ2v) is 6.23. The zero-order valence-corrected chi connectivity index (χ0v) is 14.0. The van der Waals surface area contributed by atoms with Crippen molar-refractivity contribution < 1.29 is 5.11 Å². The number of hydrogen-bond acceptors (Lipinski definition) is 2. The number of benzene rings is 1. The summed E-state index contributed by atoms with van der Waals surface area (Å²) in [5, 5.41) is 11.4. The van der Waals surface area contributed by atoms with Gasteiger partial charge in [-0.25, -0.2) is 0 Å². The summed E-state index contributed by atoms with van der Waals surface area (Å²) in [6.45, 7) is 7.02. The molecule has 120 valence electrons. The molecule has 1 N–H and O–H groups in total. The first kappa shape index (κ1) is 17.1. The largest absolute Gasteiger partial charge is 0.373 e. The summed E-state index contributed by atoms with van der Waals surface area (Å²) >= 11 is 0. The monoisotopic (exact) mass is 299 g/mol. The molecule has 1 fully saturated rings. The molecular weight excluding hydrogens is 270 g/mol. The van der Waals surface area contributed by atoms with Crippen molar-refractivity contribution in [2.24, 2.45) is 5.92 Å². The minimum atomic E-state index is -0.991. The van der Waals surface area contributed by atoms with Gasteiger partial charge in [-0.2, -0.15) is 0 Å². The SMILES string of the molecule is CCN(CC)CC#CC(O)(c1ccccc1)C1CCCCC1. The van der Waals surface area contributed by atoms with Crippen molar-refractivity contribution in [3.05, 3.63) is 35.9 Å². The Labute approximate surface area is 135 Å². The smallest absolute Gasteiger partial charge is 0.153 e. The van der Waals surface area contributed by atoms with Crippen LogP contribution in [0.2, 0.25) is 0 Å². The molecule has 1 unspecified atom stereocenters. The summed E-state index contributed by atoms with van der Waals surface area (Å²) in [6.07, 6.45) is 5.85. The minimum absolute atomic E-state index is 0.257. The van der Waals surface area contributed by atoms with E-state index in [-0.39, 0.29) is 5.92 Å². The maximum absolute atomic E-state index is 11.4. The number of nitrogens with zero attached hydrogens (tertiary/aromatic N) is 1. The van der Waals surface area contributed by atoms with Gasteiger partial charge in [-0.3, -0.25) is 4.90 Å². The number of aliphatic hydroxyl groups is 1. The lowest BCUT2D eigenvalue weighted by molar-refractivity contribution is 0.0158. The van der Waals surface area contributed by atoms with E-state index < -0.39 is 5.60 Å². The van der Waals surface area contributed by atoms with Crippen LogP contribution in [-0.2, 0) is 5.60 Å².